The lowest BCUT2D eigenvalue weighted by Crippen LogP contribution is -2.57. The van der Waals surface area contributed by atoms with E-state index in [9.17, 15) is 29.1 Å². The molecule has 1 fully saturated rings. The fourth-order valence-electron chi connectivity index (χ4n) is 3.94. The van der Waals surface area contributed by atoms with Crippen LogP contribution in [0.1, 0.15) is 58.8 Å². The number of carbonyl (C=O) groups is 5. The largest absolute Gasteiger partial charge is 0.480 e. The minimum absolute atomic E-state index is 0.0322. The average Bonchev–Trinajstić information content (AvgIpc) is 3.27. The third-order valence-electron chi connectivity index (χ3n) is 5.76. The van der Waals surface area contributed by atoms with Crippen LogP contribution in [0.4, 0.5) is 0 Å². The fraction of sp³-hybridized carbons (Fsp3) is 0.727. The summed E-state index contributed by atoms with van der Waals surface area (Å²) in [6.45, 7) is 4.20. The molecule has 14 nitrogen and oxygen atoms in total. The molecule has 11 N–H and O–H groups in total. The van der Waals surface area contributed by atoms with Crippen LogP contribution in [0.3, 0.4) is 0 Å². The topological polar surface area (TPSA) is 249 Å². The van der Waals surface area contributed by atoms with E-state index in [1.165, 1.54) is 4.90 Å². The van der Waals surface area contributed by atoms with Crippen molar-refractivity contribution in [3.05, 3.63) is 0 Å². The monoisotopic (exact) mass is 512 g/mol. The standard InChI is InChI=1S/C22H40N8O6/c1-12(2)11-15(21(35)36)29-19(33)16-6-4-10-30(16)20(34)14(7-8-17(24)31)28-18(32)13(23)5-3-9-27-22(25)26/h12-16H,3-11,23H2,1-2H3,(H2,24,31)(H,28,32)(H,29,33)(H,35,36)(H4,25,26,27). The van der Waals surface area contributed by atoms with Crippen molar-refractivity contribution in [2.75, 3.05) is 13.1 Å². The number of carboxylic acids is 1. The normalized spacial score (nSPS) is 17.7. The SMILES string of the molecule is CC(C)CC(NC(=O)C1CCCN1C(=O)C(CCC(N)=O)NC(=O)C(N)CCCN=C(N)N)C(=O)O. The molecule has 0 radical (unpaired) electrons. The lowest BCUT2D eigenvalue weighted by Gasteiger charge is -2.30. The Morgan fingerprint density at radius 3 is 2.28 bits per heavy atom. The molecule has 4 unspecified atom stereocenters. The predicted octanol–water partition coefficient (Wildman–Crippen LogP) is -2.28. The molecule has 0 spiro atoms. The Morgan fingerprint density at radius 1 is 1.06 bits per heavy atom. The number of aliphatic imine (C=N–C) groups is 1. The lowest BCUT2D eigenvalue weighted by atomic mass is 10.0. The summed E-state index contributed by atoms with van der Waals surface area (Å²) in [4.78, 5) is 66.9. The summed E-state index contributed by atoms with van der Waals surface area (Å²) in [5.74, 6) is -3.61. The Labute approximate surface area is 210 Å². The first kappa shape index (κ1) is 30.6. The van der Waals surface area contributed by atoms with Gasteiger partial charge >= 0.3 is 5.97 Å². The van der Waals surface area contributed by atoms with Gasteiger partial charge in [0.15, 0.2) is 5.96 Å². The molecule has 0 aromatic carbocycles. The Bertz CT molecular complexity index is 829. The Balaban J connectivity index is 2.91. The predicted molar refractivity (Wildman–Crippen MR) is 132 cm³/mol. The van der Waals surface area contributed by atoms with Gasteiger partial charge in [-0.25, -0.2) is 4.79 Å². The van der Waals surface area contributed by atoms with E-state index in [4.69, 9.17) is 22.9 Å². The van der Waals surface area contributed by atoms with Gasteiger partial charge in [0.05, 0.1) is 6.04 Å². The number of carbonyl (C=O) groups excluding carboxylic acids is 4. The summed E-state index contributed by atoms with van der Waals surface area (Å²) < 4.78 is 0. The van der Waals surface area contributed by atoms with Crippen LogP contribution in [0.25, 0.3) is 0 Å². The van der Waals surface area contributed by atoms with Crippen LogP contribution in [0.2, 0.25) is 0 Å². The number of nitrogens with two attached hydrogens (primary N) is 4. The van der Waals surface area contributed by atoms with E-state index >= 15 is 0 Å². The molecule has 0 saturated carbocycles. The van der Waals surface area contributed by atoms with Crippen molar-refractivity contribution in [2.45, 2.75) is 83.0 Å². The highest BCUT2D eigenvalue weighted by Gasteiger charge is 2.39. The van der Waals surface area contributed by atoms with Crippen molar-refractivity contribution in [1.29, 1.82) is 0 Å². The van der Waals surface area contributed by atoms with Crippen molar-refractivity contribution in [1.82, 2.24) is 15.5 Å². The molecule has 1 heterocycles. The van der Waals surface area contributed by atoms with Crippen LogP contribution in [0.5, 0.6) is 0 Å². The molecule has 14 heteroatoms. The van der Waals surface area contributed by atoms with Crippen molar-refractivity contribution in [2.24, 2.45) is 33.8 Å². The Morgan fingerprint density at radius 2 is 1.72 bits per heavy atom. The van der Waals surface area contributed by atoms with Crippen LogP contribution in [-0.2, 0) is 24.0 Å². The highest BCUT2D eigenvalue weighted by Crippen LogP contribution is 2.20. The molecule has 204 valence electrons. The van der Waals surface area contributed by atoms with Crippen LogP contribution >= 0.6 is 0 Å². The minimum Gasteiger partial charge on any atom is -0.480 e. The third kappa shape index (κ3) is 10.5. The number of aliphatic carboxylic acids is 1. The molecule has 36 heavy (non-hydrogen) atoms. The van der Waals surface area contributed by atoms with Crippen molar-refractivity contribution in [3.63, 3.8) is 0 Å². The van der Waals surface area contributed by atoms with Crippen molar-refractivity contribution >= 4 is 35.6 Å². The summed E-state index contributed by atoms with van der Waals surface area (Å²) in [6, 6.07) is -4.06. The Kier molecular flexibility index (Phi) is 12.6. The molecule has 1 saturated heterocycles. The summed E-state index contributed by atoms with van der Waals surface area (Å²) in [5, 5.41) is 14.5. The second kappa shape index (κ2) is 14.9. The van der Waals surface area contributed by atoms with E-state index < -0.39 is 53.8 Å². The third-order valence-corrected chi connectivity index (χ3v) is 5.76. The molecule has 0 aromatic heterocycles. The maximum atomic E-state index is 13.3. The van der Waals surface area contributed by atoms with Gasteiger partial charge in [-0.2, -0.15) is 0 Å². The van der Waals surface area contributed by atoms with E-state index in [0.717, 1.165) is 0 Å². The summed E-state index contributed by atoms with van der Waals surface area (Å²) in [5.41, 5.74) is 21.7. The summed E-state index contributed by atoms with van der Waals surface area (Å²) >= 11 is 0. The molecular formula is C22H40N8O6. The first-order valence-corrected chi connectivity index (χ1v) is 12.1. The summed E-state index contributed by atoms with van der Waals surface area (Å²) in [6.07, 6.45) is 1.54. The molecule has 4 atom stereocenters. The summed E-state index contributed by atoms with van der Waals surface area (Å²) in [7, 11) is 0. The van der Waals surface area contributed by atoms with E-state index in [2.05, 4.69) is 15.6 Å². The van der Waals surface area contributed by atoms with Crippen molar-refractivity contribution in [3.8, 4) is 0 Å². The first-order chi connectivity index (χ1) is 16.8. The average molecular weight is 513 g/mol. The highest BCUT2D eigenvalue weighted by molar-refractivity contribution is 5.94. The molecule has 1 aliphatic heterocycles. The van der Waals surface area contributed by atoms with Crippen molar-refractivity contribution < 1.29 is 29.1 Å². The molecule has 4 amide bonds. The fourth-order valence-corrected chi connectivity index (χ4v) is 3.94. The molecular weight excluding hydrogens is 472 g/mol. The second-order valence-electron chi connectivity index (χ2n) is 9.34. The maximum Gasteiger partial charge on any atom is 0.326 e. The van der Waals surface area contributed by atoms with E-state index in [-0.39, 0.29) is 50.7 Å². The number of nitrogens with one attached hydrogen (secondary N) is 2. The van der Waals surface area contributed by atoms with Crippen LogP contribution < -0.4 is 33.6 Å². The van der Waals surface area contributed by atoms with Crippen LogP contribution in [-0.4, -0.2) is 82.8 Å². The van der Waals surface area contributed by atoms with E-state index in [1.807, 2.05) is 13.8 Å². The molecule has 1 aliphatic rings. The number of likely N-dealkylation sites (tertiary alicyclic amines) is 1. The highest BCUT2D eigenvalue weighted by atomic mass is 16.4. The minimum atomic E-state index is -1.16. The molecule has 0 aromatic rings. The van der Waals surface area contributed by atoms with Crippen LogP contribution in [0, 0.1) is 5.92 Å². The van der Waals surface area contributed by atoms with Gasteiger partial charge in [0.2, 0.25) is 23.6 Å². The number of hydrogen-bond acceptors (Lipinski definition) is 7. The zero-order chi connectivity index (χ0) is 27.4. The van der Waals surface area contributed by atoms with Gasteiger partial charge in [0.1, 0.15) is 18.1 Å². The zero-order valence-corrected chi connectivity index (χ0v) is 20.9. The second-order valence-corrected chi connectivity index (χ2v) is 9.34. The molecule has 0 bridgehead atoms. The number of carboxylic acid groups (broad SMARTS) is 1. The number of primary amides is 1. The van der Waals surface area contributed by atoms with Gasteiger partial charge in [-0.05, 0) is 44.4 Å². The van der Waals surface area contributed by atoms with Gasteiger partial charge in [-0.1, -0.05) is 13.8 Å². The number of hydrogen-bond donors (Lipinski definition) is 7. The van der Waals surface area contributed by atoms with E-state index in [0.29, 0.717) is 19.3 Å². The molecule has 1 rings (SSSR count). The number of guanidine groups is 1. The van der Waals surface area contributed by atoms with Crippen LogP contribution in [0.15, 0.2) is 4.99 Å². The smallest absolute Gasteiger partial charge is 0.326 e. The van der Waals surface area contributed by atoms with Gasteiger partial charge in [-0.15, -0.1) is 0 Å². The zero-order valence-electron chi connectivity index (χ0n) is 20.9. The van der Waals surface area contributed by atoms with Gasteiger partial charge in [0, 0.05) is 19.5 Å². The van der Waals surface area contributed by atoms with Gasteiger partial charge in [0.25, 0.3) is 0 Å². The number of nitrogens with zero attached hydrogens (tertiary/aromatic N) is 2. The van der Waals surface area contributed by atoms with Gasteiger partial charge in [-0.3, -0.25) is 24.2 Å². The quantitative estimate of drug-likeness (QED) is 0.0708. The van der Waals surface area contributed by atoms with E-state index in [1.54, 1.807) is 0 Å². The Hall–Kier alpha value is -3.42. The number of amides is 4. The first-order valence-electron chi connectivity index (χ1n) is 12.1. The maximum absolute atomic E-state index is 13.3. The molecule has 0 aliphatic carbocycles. The van der Waals surface area contributed by atoms with Gasteiger partial charge < -0.3 is 43.6 Å². The number of rotatable bonds is 15. The lowest BCUT2D eigenvalue weighted by molar-refractivity contribution is -0.145.